The SMILES string of the molecule is Cc1ccc(OCCCCN2CC(C)OC(C)C2)c(C(C)(C)C)c1. The van der Waals surface area contributed by atoms with Gasteiger partial charge in [0.1, 0.15) is 5.75 Å². The van der Waals surface area contributed by atoms with Crippen molar-refractivity contribution in [1.29, 1.82) is 0 Å². The summed E-state index contributed by atoms with van der Waals surface area (Å²) in [4.78, 5) is 2.52. The number of benzene rings is 1. The van der Waals surface area contributed by atoms with Crippen LogP contribution in [0, 0.1) is 6.92 Å². The second-order valence-electron chi connectivity index (χ2n) is 8.32. The molecule has 2 rings (SSSR count). The van der Waals surface area contributed by atoms with Gasteiger partial charge >= 0.3 is 0 Å². The molecule has 1 aromatic rings. The van der Waals surface area contributed by atoms with E-state index in [1.54, 1.807) is 0 Å². The Kier molecular flexibility index (Phi) is 6.70. The molecule has 0 amide bonds. The van der Waals surface area contributed by atoms with E-state index in [0.29, 0.717) is 12.2 Å². The summed E-state index contributed by atoms with van der Waals surface area (Å²) in [5, 5.41) is 0. The number of rotatable bonds is 6. The predicted octanol–water partition coefficient (Wildman–Crippen LogP) is 4.56. The maximum atomic E-state index is 6.11. The molecule has 1 aromatic carbocycles. The van der Waals surface area contributed by atoms with E-state index in [2.05, 4.69) is 64.6 Å². The van der Waals surface area contributed by atoms with Gasteiger partial charge in [0.05, 0.1) is 18.8 Å². The van der Waals surface area contributed by atoms with Crippen LogP contribution in [0.15, 0.2) is 18.2 Å². The quantitative estimate of drug-likeness (QED) is 0.712. The molecule has 2 atom stereocenters. The Hall–Kier alpha value is -1.06. The van der Waals surface area contributed by atoms with E-state index in [1.807, 2.05) is 0 Å². The lowest BCUT2D eigenvalue weighted by Crippen LogP contribution is -2.45. The third-order valence-electron chi connectivity index (χ3n) is 4.56. The summed E-state index contributed by atoms with van der Waals surface area (Å²) in [7, 11) is 0. The standard InChI is InChI=1S/C21H35NO2/c1-16-9-10-20(19(13-16)21(4,5)6)23-12-8-7-11-22-14-17(2)24-18(3)15-22/h9-10,13,17-18H,7-8,11-12,14-15H2,1-6H3. The predicted molar refractivity (Wildman–Crippen MR) is 101 cm³/mol. The van der Waals surface area contributed by atoms with Crippen LogP contribution in [0.3, 0.4) is 0 Å². The van der Waals surface area contributed by atoms with Crippen molar-refractivity contribution in [2.45, 2.75) is 72.0 Å². The van der Waals surface area contributed by atoms with Crippen LogP contribution in [0.4, 0.5) is 0 Å². The third kappa shape index (κ3) is 5.78. The molecule has 2 unspecified atom stereocenters. The average molecular weight is 334 g/mol. The Bertz CT molecular complexity index is 511. The molecule has 1 fully saturated rings. The molecule has 1 heterocycles. The van der Waals surface area contributed by atoms with Gasteiger partial charge in [0.25, 0.3) is 0 Å². The van der Waals surface area contributed by atoms with Crippen LogP contribution in [0.5, 0.6) is 5.75 Å². The highest BCUT2D eigenvalue weighted by Gasteiger charge is 2.21. The zero-order valence-electron chi connectivity index (χ0n) is 16.4. The van der Waals surface area contributed by atoms with Crippen LogP contribution in [0.25, 0.3) is 0 Å². The van der Waals surface area contributed by atoms with Gasteiger partial charge < -0.3 is 9.47 Å². The van der Waals surface area contributed by atoms with Crippen molar-refractivity contribution in [1.82, 2.24) is 4.90 Å². The Morgan fingerprint density at radius 1 is 1.12 bits per heavy atom. The van der Waals surface area contributed by atoms with Crippen LogP contribution < -0.4 is 4.74 Å². The summed E-state index contributed by atoms with van der Waals surface area (Å²) in [5.74, 6) is 1.04. The number of ether oxygens (including phenoxy) is 2. The van der Waals surface area contributed by atoms with Crippen molar-refractivity contribution < 1.29 is 9.47 Å². The maximum Gasteiger partial charge on any atom is 0.123 e. The minimum atomic E-state index is 0.113. The van der Waals surface area contributed by atoms with Gasteiger partial charge in [-0.15, -0.1) is 0 Å². The van der Waals surface area contributed by atoms with Gasteiger partial charge in [-0.1, -0.05) is 38.5 Å². The van der Waals surface area contributed by atoms with Crippen molar-refractivity contribution in [2.75, 3.05) is 26.2 Å². The molecule has 0 bridgehead atoms. The first-order chi connectivity index (χ1) is 11.3. The molecule has 136 valence electrons. The van der Waals surface area contributed by atoms with E-state index in [0.717, 1.165) is 38.4 Å². The van der Waals surface area contributed by atoms with Crippen molar-refractivity contribution in [2.24, 2.45) is 0 Å². The van der Waals surface area contributed by atoms with Gasteiger partial charge in [-0.25, -0.2) is 0 Å². The van der Waals surface area contributed by atoms with Crippen LogP contribution >= 0.6 is 0 Å². The van der Waals surface area contributed by atoms with Gasteiger partial charge in [0.2, 0.25) is 0 Å². The van der Waals surface area contributed by atoms with Gasteiger partial charge in [-0.05, 0) is 57.2 Å². The van der Waals surface area contributed by atoms with Crippen LogP contribution in [-0.4, -0.2) is 43.3 Å². The zero-order valence-corrected chi connectivity index (χ0v) is 16.4. The van der Waals surface area contributed by atoms with E-state index in [4.69, 9.17) is 9.47 Å². The number of unbranched alkanes of at least 4 members (excludes halogenated alkanes) is 1. The largest absolute Gasteiger partial charge is 0.493 e. The second kappa shape index (κ2) is 8.35. The summed E-state index contributed by atoms with van der Waals surface area (Å²) < 4.78 is 11.9. The lowest BCUT2D eigenvalue weighted by Gasteiger charge is -2.35. The molecular weight excluding hydrogens is 298 g/mol. The molecule has 1 saturated heterocycles. The minimum Gasteiger partial charge on any atom is -0.493 e. The number of morpholine rings is 1. The van der Waals surface area contributed by atoms with Crippen molar-refractivity contribution in [3.8, 4) is 5.75 Å². The lowest BCUT2D eigenvalue weighted by molar-refractivity contribution is -0.0682. The highest BCUT2D eigenvalue weighted by Crippen LogP contribution is 2.32. The first-order valence-electron chi connectivity index (χ1n) is 9.37. The van der Waals surface area contributed by atoms with Crippen LogP contribution in [0.2, 0.25) is 0 Å². The summed E-state index contributed by atoms with van der Waals surface area (Å²) in [6.07, 6.45) is 2.98. The van der Waals surface area contributed by atoms with E-state index in [-0.39, 0.29) is 5.41 Å². The van der Waals surface area contributed by atoms with Gasteiger partial charge in [-0.3, -0.25) is 4.90 Å². The van der Waals surface area contributed by atoms with Crippen molar-refractivity contribution in [3.63, 3.8) is 0 Å². The first kappa shape index (κ1) is 19.3. The second-order valence-corrected chi connectivity index (χ2v) is 8.32. The highest BCUT2D eigenvalue weighted by molar-refractivity contribution is 5.41. The van der Waals surface area contributed by atoms with Crippen molar-refractivity contribution >= 4 is 0 Å². The molecule has 0 spiro atoms. The molecule has 24 heavy (non-hydrogen) atoms. The Morgan fingerprint density at radius 2 is 1.79 bits per heavy atom. The Labute approximate surface area is 148 Å². The normalized spacial score (nSPS) is 22.6. The molecule has 0 radical (unpaired) electrons. The summed E-state index contributed by atoms with van der Waals surface area (Å²) in [5.41, 5.74) is 2.71. The first-order valence-corrected chi connectivity index (χ1v) is 9.37. The van der Waals surface area contributed by atoms with Gasteiger partial charge in [-0.2, -0.15) is 0 Å². The molecule has 0 saturated carbocycles. The monoisotopic (exact) mass is 333 g/mol. The summed E-state index contributed by atoms with van der Waals surface area (Å²) >= 11 is 0. The Balaban J connectivity index is 1.77. The molecule has 3 nitrogen and oxygen atoms in total. The number of aryl methyl sites for hydroxylation is 1. The maximum absolute atomic E-state index is 6.11. The zero-order chi connectivity index (χ0) is 17.7. The van der Waals surface area contributed by atoms with Crippen LogP contribution in [-0.2, 0) is 10.2 Å². The van der Waals surface area contributed by atoms with E-state index in [1.165, 1.54) is 17.5 Å². The number of hydrogen-bond acceptors (Lipinski definition) is 3. The molecule has 1 aliphatic rings. The third-order valence-corrected chi connectivity index (χ3v) is 4.56. The fourth-order valence-corrected chi connectivity index (χ4v) is 3.44. The molecule has 1 aliphatic heterocycles. The van der Waals surface area contributed by atoms with E-state index >= 15 is 0 Å². The number of hydrogen-bond donors (Lipinski definition) is 0. The Morgan fingerprint density at radius 3 is 2.42 bits per heavy atom. The fraction of sp³-hybridized carbons (Fsp3) is 0.714. The summed E-state index contributed by atoms with van der Waals surface area (Å²) in [6.45, 7) is 17.2. The fourth-order valence-electron chi connectivity index (χ4n) is 3.44. The smallest absolute Gasteiger partial charge is 0.123 e. The highest BCUT2D eigenvalue weighted by atomic mass is 16.5. The van der Waals surface area contributed by atoms with Gasteiger partial charge in [0.15, 0.2) is 0 Å². The average Bonchev–Trinajstić information content (AvgIpc) is 2.46. The summed E-state index contributed by atoms with van der Waals surface area (Å²) in [6, 6.07) is 6.52. The van der Waals surface area contributed by atoms with E-state index < -0.39 is 0 Å². The van der Waals surface area contributed by atoms with E-state index in [9.17, 15) is 0 Å². The topological polar surface area (TPSA) is 21.7 Å². The van der Waals surface area contributed by atoms with Gasteiger partial charge in [0, 0.05) is 13.1 Å². The number of nitrogens with zero attached hydrogens (tertiary/aromatic N) is 1. The molecule has 0 aliphatic carbocycles. The molecule has 0 aromatic heterocycles. The molecule has 3 heteroatoms. The minimum absolute atomic E-state index is 0.113. The lowest BCUT2D eigenvalue weighted by atomic mass is 9.85. The van der Waals surface area contributed by atoms with Crippen molar-refractivity contribution in [3.05, 3.63) is 29.3 Å². The molecular formula is C21H35NO2. The molecule has 0 N–H and O–H groups in total. The van der Waals surface area contributed by atoms with Crippen LogP contribution in [0.1, 0.15) is 58.6 Å².